The number of ether oxygens (including phenoxy) is 1. The van der Waals surface area contributed by atoms with Gasteiger partial charge in [-0.15, -0.1) is 0 Å². The fourth-order valence-corrected chi connectivity index (χ4v) is 3.29. The maximum atomic E-state index is 12.8. The third-order valence-electron chi connectivity index (χ3n) is 4.88. The number of likely N-dealkylation sites (tertiary alicyclic amines) is 1. The third-order valence-corrected chi connectivity index (χ3v) is 4.88. The van der Waals surface area contributed by atoms with Gasteiger partial charge in [0.25, 0.3) is 5.91 Å². The van der Waals surface area contributed by atoms with Crippen molar-refractivity contribution in [2.24, 2.45) is 0 Å². The second-order valence-electron chi connectivity index (χ2n) is 7.50. The summed E-state index contributed by atoms with van der Waals surface area (Å²) in [6.07, 6.45) is 1.76. The number of carbonyl (C=O) groups is 1. The number of nitrogens with zero attached hydrogens (tertiary/aromatic N) is 2. The largest absolute Gasteiger partial charge is 0.481 e. The molecule has 1 aliphatic heterocycles. The Labute approximate surface area is 146 Å². The molecule has 24 heavy (non-hydrogen) atoms. The van der Waals surface area contributed by atoms with Gasteiger partial charge >= 0.3 is 0 Å². The lowest BCUT2D eigenvalue weighted by Gasteiger charge is -2.37. The highest BCUT2D eigenvalue weighted by Gasteiger charge is 2.29. The molecule has 1 heterocycles. The Hall–Kier alpha value is -1.55. The fraction of sp³-hybridized carbons (Fsp3) is 0.650. The summed E-state index contributed by atoms with van der Waals surface area (Å²) >= 11 is 0. The number of benzene rings is 1. The van der Waals surface area contributed by atoms with E-state index >= 15 is 0 Å². The van der Waals surface area contributed by atoms with Crippen LogP contribution < -0.4 is 4.74 Å². The maximum Gasteiger partial charge on any atom is 0.263 e. The summed E-state index contributed by atoms with van der Waals surface area (Å²) in [6.45, 7) is 9.85. The smallest absolute Gasteiger partial charge is 0.263 e. The second-order valence-corrected chi connectivity index (χ2v) is 7.50. The number of likely N-dealkylation sites (N-methyl/N-ethyl adjacent to an activating group) is 1. The van der Waals surface area contributed by atoms with Crippen LogP contribution in [0.3, 0.4) is 0 Å². The van der Waals surface area contributed by atoms with Crippen LogP contribution in [0.4, 0.5) is 0 Å². The zero-order valence-corrected chi connectivity index (χ0v) is 16.0. The summed E-state index contributed by atoms with van der Waals surface area (Å²) in [7, 11) is 4.17. The Morgan fingerprint density at radius 2 is 2.00 bits per heavy atom. The highest BCUT2D eigenvalue weighted by atomic mass is 16.5. The molecule has 4 nitrogen and oxygen atoms in total. The minimum atomic E-state index is -0.454. The van der Waals surface area contributed by atoms with Crippen LogP contribution in [-0.2, 0) is 4.79 Å². The van der Waals surface area contributed by atoms with E-state index in [1.54, 1.807) is 0 Å². The van der Waals surface area contributed by atoms with Gasteiger partial charge in [0, 0.05) is 19.1 Å². The quantitative estimate of drug-likeness (QED) is 0.828. The molecule has 1 fully saturated rings. The van der Waals surface area contributed by atoms with Crippen molar-refractivity contribution in [3.8, 4) is 5.75 Å². The number of rotatable bonds is 5. The van der Waals surface area contributed by atoms with Crippen LogP contribution in [0.5, 0.6) is 5.75 Å². The number of hydrogen-bond donors (Lipinski definition) is 0. The van der Waals surface area contributed by atoms with Crippen LogP contribution in [0.2, 0.25) is 0 Å². The molecule has 1 aromatic rings. The Morgan fingerprint density at radius 3 is 2.62 bits per heavy atom. The molecule has 0 N–H and O–H groups in total. The number of amides is 1. The summed E-state index contributed by atoms with van der Waals surface area (Å²) in [4.78, 5) is 17.0. The Bertz CT molecular complexity index is 569. The normalized spacial score (nSPS) is 19.7. The molecule has 4 heteroatoms. The topological polar surface area (TPSA) is 32.8 Å². The molecule has 2 unspecified atom stereocenters. The van der Waals surface area contributed by atoms with Gasteiger partial charge in [0.05, 0.1) is 0 Å². The van der Waals surface area contributed by atoms with Gasteiger partial charge in [0.15, 0.2) is 6.10 Å². The van der Waals surface area contributed by atoms with E-state index in [2.05, 4.69) is 51.9 Å². The average molecular weight is 332 g/mol. The molecule has 0 spiro atoms. The first kappa shape index (κ1) is 18.8. The van der Waals surface area contributed by atoms with Crippen molar-refractivity contribution in [1.82, 2.24) is 9.80 Å². The Kier molecular flexibility index (Phi) is 6.27. The van der Waals surface area contributed by atoms with Crippen LogP contribution in [0.25, 0.3) is 0 Å². The minimum Gasteiger partial charge on any atom is -0.481 e. The summed E-state index contributed by atoms with van der Waals surface area (Å²) < 4.78 is 6.09. The Morgan fingerprint density at radius 1 is 1.29 bits per heavy atom. The Balaban J connectivity index is 2.08. The van der Waals surface area contributed by atoms with Gasteiger partial charge < -0.3 is 14.5 Å². The maximum absolute atomic E-state index is 12.8. The predicted molar refractivity (Wildman–Crippen MR) is 98.6 cm³/mol. The summed E-state index contributed by atoms with van der Waals surface area (Å²) in [5, 5.41) is 0. The molecule has 1 aromatic carbocycles. The second kappa shape index (κ2) is 8.02. The monoisotopic (exact) mass is 332 g/mol. The average Bonchev–Trinajstić information content (AvgIpc) is 2.54. The van der Waals surface area contributed by atoms with Crippen LogP contribution >= 0.6 is 0 Å². The van der Waals surface area contributed by atoms with Crippen molar-refractivity contribution >= 4 is 5.91 Å². The molecule has 1 aliphatic rings. The van der Waals surface area contributed by atoms with Crippen LogP contribution in [0.15, 0.2) is 18.2 Å². The van der Waals surface area contributed by atoms with Crippen molar-refractivity contribution in [3.63, 3.8) is 0 Å². The van der Waals surface area contributed by atoms with E-state index in [0.717, 1.165) is 42.8 Å². The zero-order chi connectivity index (χ0) is 17.9. The molecule has 0 saturated carbocycles. The molecule has 0 aromatic heterocycles. The van der Waals surface area contributed by atoms with Crippen molar-refractivity contribution in [2.45, 2.75) is 58.6 Å². The lowest BCUT2D eigenvalue weighted by atomic mass is 10.0. The molecule has 0 radical (unpaired) electrons. The third kappa shape index (κ3) is 4.50. The fourth-order valence-electron chi connectivity index (χ4n) is 3.29. The van der Waals surface area contributed by atoms with Gasteiger partial charge in [-0.25, -0.2) is 0 Å². The molecule has 2 atom stereocenters. The predicted octanol–water partition coefficient (Wildman–Crippen LogP) is 3.44. The highest BCUT2D eigenvalue weighted by Crippen LogP contribution is 2.28. The van der Waals surface area contributed by atoms with Gasteiger partial charge in [-0.1, -0.05) is 26.0 Å². The number of hydrogen-bond acceptors (Lipinski definition) is 3. The molecule has 0 bridgehead atoms. The van der Waals surface area contributed by atoms with Gasteiger partial charge in [0.1, 0.15) is 5.75 Å². The van der Waals surface area contributed by atoms with E-state index in [9.17, 15) is 4.79 Å². The lowest BCUT2D eigenvalue weighted by molar-refractivity contribution is -0.139. The van der Waals surface area contributed by atoms with E-state index in [0.29, 0.717) is 12.0 Å². The molecular weight excluding hydrogens is 300 g/mol. The molecule has 1 amide bonds. The van der Waals surface area contributed by atoms with Crippen LogP contribution in [0.1, 0.15) is 50.7 Å². The van der Waals surface area contributed by atoms with E-state index < -0.39 is 6.10 Å². The van der Waals surface area contributed by atoms with Gasteiger partial charge in [-0.3, -0.25) is 4.79 Å². The van der Waals surface area contributed by atoms with E-state index in [1.165, 1.54) is 0 Å². The van der Waals surface area contributed by atoms with Gasteiger partial charge in [-0.2, -0.15) is 0 Å². The molecular formula is C20H32N2O2. The van der Waals surface area contributed by atoms with E-state index in [4.69, 9.17) is 4.74 Å². The summed E-state index contributed by atoms with van der Waals surface area (Å²) in [5.41, 5.74) is 2.31. The summed E-state index contributed by atoms with van der Waals surface area (Å²) in [6, 6.07) is 6.69. The van der Waals surface area contributed by atoms with Crippen LogP contribution in [-0.4, -0.2) is 55.0 Å². The van der Waals surface area contributed by atoms with Crippen molar-refractivity contribution in [1.29, 1.82) is 0 Å². The van der Waals surface area contributed by atoms with Crippen molar-refractivity contribution < 1.29 is 9.53 Å². The van der Waals surface area contributed by atoms with Crippen molar-refractivity contribution in [3.05, 3.63) is 29.3 Å². The first-order valence-electron chi connectivity index (χ1n) is 9.02. The number of carbonyl (C=O) groups excluding carboxylic acids is 1. The summed E-state index contributed by atoms with van der Waals surface area (Å²) in [5.74, 6) is 1.31. The number of piperidine rings is 1. The molecule has 0 aliphatic carbocycles. The first-order valence-corrected chi connectivity index (χ1v) is 9.02. The standard InChI is InChI=1S/C20H32N2O2/c1-14(2)18-10-9-15(3)12-19(18)24-16(4)20(23)22-11-7-8-17(13-22)21(5)6/h9-10,12,14,16-17H,7-8,11,13H2,1-6H3. The SMILES string of the molecule is Cc1ccc(C(C)C)c(OC(C)C(=O)N2CCCC(N(C)C)C2)c1. The lowest BCUT2D eigenvalue weighted by Crippen LogP contribution is -2.50. The van der Waals surface area contributed by atoms with Gasteiger partial charge in [-0.05, 0) is 63.9 Å². The number of aryl methyl sites for hydroxylation is 1. The van der Waals surface area contributed by atoms with E-state index in [1.807, 2.05) is 17.9 Å². The highest BCUT2D eigenvalue weighted by molar-refractivity contribution is 5.81. The van der Waals surface area contributed by atoms with E-state index in [-0.39, 0.29) is 5.91 Å². The minimum absolute atomic E-state index is 0.0952. The van der Waals surface area contributed by atoms with Crippen molar-refractivity contribution in [2.75, 3.05) is 27.2 Å². The van der Waals surface area contributed by atoms with Gasteiger partial charge in [0.2, 0.25) is 0 Å². The zero-order valence-electron chi connectivity index (χ0n) is 16.0. The molecule has 2 rings (SSSR count). The van der Waals surface area contributed by atoms with Crippen LogP contribution in [0, 0.1) is 6.92 Å². The first-order chi connectivity index (χ1) is 11.3. The molecule has 1 saturated heterocycles. The molecule has 134 valence electrons.